The molecular formula is C17H25FN2O. The minimum Gasteiger partial charge on any atom is -0.354 e. The molecule has 1 atom stereocenters. The molecule has 1 fully saturated rings. The van der Waals surface area contributed by atoms with E-state index < -0.39 is 6.04 Å². The average molecular weight is 292 g/mol. The molecule has 1 aromatic carbocycles. The predicted molar refractivity (Wildman–Crippen MR) is 82.3 cm³/mol. The minimum absolute atomic E-state index is 0.0861. The van der Waals surface area contributed by atoms with Gasteiger partial charge in [-0.3, -0.25) is 4.79 Å². The molecule has 0 bridgehead atoms. The molecule has 1 aliphatic rings. The minimum atomic E-state index is -0.416. The van der Waals surface area contributed by atoms with Gasteiger partial charge in [-0.1, -0.05) is 44.2 Å². The van der Waals surface area contributed by atoms with Gasteiger partial charge in [-0.15, -0.1) is 0 Å². The number of carbonyl (C=O) groups is 1. The Labute approximate surface area is 126 Å². The third-order valence-electron chi connectivity index (χ3n) is 4.25. The molecule has 21 heavy (non-hydrogen) atoms. The molecule has 0 aliphatic heterocycles. The van der Waals surface area contributed by atoms with Crippen LogP contribution in [0, 0.1) is 11.7 Å². The lowest BCUT2D eigenvalue weighted by atomic mass is 9.85. The summed E-state index contributed by atoms with van der Waals surface area (Å²) < 4.78 is 13.0. The number of nitrogens with one attached hydrogen (secondary N) is 1. The maximum absolute atomic E-state index is 13.0. The summed E-state index contributed by atoms with van der Waals surface area (Å²) in [6.45, 7) is 0.501. The normalized spacial score (nSPS) is 17.4. The molecule has 4 heteroatoms. The van der Waals surface area contributed by atoms with E-state index in [1.54, 1.807) is 6.07 Å². The van der Waals surface area contributed by atoms with E-state index in [0.717, 1.165) is 12.0 Å². The molecule has 3 N–H and O–H groups in total. The van der Waals surface area contributed by atoms with Gasteiger partial charge < -0.3 is 11.1 Å². The van der Waals surface area contributed by atoms with Gasteiger partial charge in [0.2, 0.25) is 5.91 Å². The molecule has 1 amide bonds. The highest BCUT2D eigenvalue weighted by atomic mass is 19.1. The van der Waals surface area contributed by atoms with Gasteiger partial charge in [-0.05, 0) is 36.5 Å². The van der Waals surface area contributed by atoms with Crippen molar-refractivity contribution in [1.29, 1.82) is 0 Å². The van der Waals surface area contributed by atoms with E-state index in [9.17, 15) is 9.18 Å². The highest BCUT2D eigenvalue weighted by Gasteiger charge is 2.20. The van der Waals surface area contributed by atoms with E-state index in [2.05, 4.69) is 5.32 Å². The van der Waals surface area contributed by atoms with Crippen molar-refractivity contribution < 1.29 is 9.18 Å². The topological polar surface area (TPSA) is 55.1 Å². The largest absolute Gasteiger partial charge is 0.354 e. The van der Waals surface area contributed by atoms with Crippen LogP contribution in [0.2, 0.25) is 0 Å². The van der Waals surface area contributed by atoms with Gasteiger partial charge in [0.1, 0.15) is 5.82 Å². The summed E-state index contributed by atoms with van der Waals surface area (Å²) in [5.41, 5.74) is 6.86. The van der Waals surface area contributed by atoms with Crippen LogP contribution in [-0.4, -0.2) is 18.5 Å². The number of benzene rings is 1. The monoisotopic (exact) mass is 292 g/mol. The van der Waals surface area contributed by atoms with Gasteiger partial charge in [0, 0.05) is 6.54 Å². The molecular weight excluding hydrogens is 267 g/mol. The first-order valence-corrected chi connectivity index (χ1v) is 7.93. The Balaban J connectivity index is 1.68. The zero-order chi connectivity index (χ0) is 15.1. The lowest BCUT2D eigenvalue weighted by Gasteiger charge is -2.24. The summed E-state index contributed by atoms with van der Waals surface area (Å²) in [7, 11) is 0. The van der Waals surface area contributed by atoms with Gasteiger partial charge >= 0.3 is 0 Å². The van der Waals surface area contributed by atoms with Crippen molar-refractivity contribution in [2.75, 3.05) is 6.54 Å². The Kier molecular flexibility index (Phi) is 6.18. The lowest BCUT2D eigenvalue weighted by Crippen LogP contribution is -2.42. The second kappa shape index (κ2) is 8.13. The van der Waals surface area contributed by atoms with Crippen molar-refractivity contribution in [3.63, 3.8) is 0 Å². The molecule has 1 aliphatic carbocycles. The zero-order valence-electron chi connectivity index (χ0n) is 12.5. The van der Waals surface area contributed by atoms with E-state index in [0.29, 0.717) is 18.9 Å². The molecule has 116 valence electrons. The van der Waals surface area contributed by atoms with Crippen molar-refractivity contribution in [3.05, 3.63) is 35.6 Å². The van der Waals surface area contributed by atoms with Crippen LogP contribution in [0.3, 0.4) is 0 Å². The Morgan fingerprint density at radius 3 is 2.81 bits per heavy atom. The number of amides is 1. The predicted octanol–water partition coefficient (Wildman–Crippen LogP) is 2.78. The summed E-state index contributed by atoms with van der Waals surface area (Å²) in [5, 5.41) is 2.85. The van der Waals surface area contributed by atoms with E-state index in [1.807, 2.05) is 6.07 Å². The molecule has 1 unspecified atom stereocenters. The number of rotatable bonds is 6. The Morgan fingerprint density at radius 2 is 2.10 bits per heavy atom. The molecule has 0 heterocycles. The molecule has 1 aromatic rings. The zero-order valence-corrected chi connectivity index (χ0v) is 12.5. The fourth-order valence-electron chi connectivity index (χ4n) is 3.04. The Hall–Kier alpha value is -1.42. The highest BCUT2D eigenvalue weighted by Crippen LogP contribution is 2.26. The second-order valence-electron chi connectivity index (χ2n) is 6.02. The molecule has 3 nitrogen and oxygen atoms in total. The standard InChI is InChI=1S/C17H25FN2O/c18-15-8-4-7-14(11-15)9-10-20-17(21)16(19)12-13-5-2-1-3-6-13/h4,7-8,11,13,16H,1-3,5-6,9-10,12,19H2,(H,20,21). The van der Waals surface area contributed by atoms with Gasteiger partial charge in [0.25, 0.3) is 0 Å². The highest BCUT2D eigenvalue weighted by molar-refractivity contribution is 5.81. The van der Waals surface area contributed by atoms with Crippen molar-refractivity contribution in [2.45, 2.75) is 51.0 Å². The van der Waals surface area contributed by atoms with Crippen LogP contribution < -0.4 is 11.1 Å². The summed E-state index contributed by atoms with van der Waals surface area (Å²) in [5.74, 6) is 0.271. The van der Waals surface area contributed by atoms with E-state index in [-0.39, 0.29) is 11.7 Å². The van der Waals surface area contributed by atoms with Crippen molar-refractivity contribution >= 4 is 5.91 Å². The number of nitrogens with two attached hydrogens (primary N) is 1. The third kappa shape index (κ3) is 5.46. The number of carbonyl (C=O) groups excluding carboxylic acids is 1. The first-order chi connectivity index (χ1) is 10.1. The van der Waals surface area contributed by atoms with Crippen LogP contribution in [0.5, 0.6) is 0 Å². The summed E-state index contributed by atoms with van der Waals surface area (Å²) >= 11 is 0. The van der Waals surface area contributed by atoms with E-state index >= 15 is 0 Å². The first-order valence-electron chi connectivity index (χ1n) is 7.93. The number of hydrogen-bond donors (Lipinski definition) is 2. The van der Waals surface area contributed by atoms with Gasteiger partial charge in [0.05, 0.1) is 6.04 Å². The fourth-order valence-corrected chi connectivity index (χ4v) is 3.04. The van der Waals surface area contributed by atoms with Crippen LogP contribution in [0.4, 0.5) is 4.39 Å². The maximum atomic E-state index is 13.0. The van der Waals surface area contributed by atoms with Gasteiger partial charge in [-0.2, -0.15) is 0 Å². The molecule has 1 saturated carbocycles. The van der Waals surface area contributed by atoms with Crippen molar-refractivity contribution in [3.8, 4) is 0 Å². The molecule has 0 radical (unpaired) electrons. The number of halogens is 1. The number of hydrogen-bond acceptors (Lipinski definition) is 2. The molecule has 0 saturated heterocycles. The Bertz CT molecular complexity index is 458. The maximum Gasteiger partial charge on any atom is 0.236 e. The van der Waals surface area contributed by atoms with Crippen LogP contribution in [0.15, 0.2) is 24.3 Å². The SMILES string of the molecule is NC(CC1CCCCC1)C(=O)NCCc1cccc(F)c1. The van der Waals surface area contributed by atoms with Crippen molar-refractivity contribution in [2.24, 2.45) is 11.7 Å². The molecule has 0 spiro atoms. The van der Waals surface area contributed by atoms with Crippen LogP contribution in [-0.2, 0) is 11.2 Å². The fraction of sp³-hybridized carbons (Fsp3) is 0.588. The van der Waals surface area contributed by atoms with Crippen molar-refractivity contribution in [1.82, 2.24) is 5.32 Å². The average Bonchev–Trinajstić information content (AvgIpc) is 2.48. The summed E-state index contributed by atoms with van der Waals surface area (Å²) in [6, 6.07) is 6.04. The van der Waals surface area contributed by atoms with E-state index in [4.69, 9.17) is 5.73 Å². The Morgan fingerprint density at radius 1 is 1.33 bits per heavy atom. The third-order valence-corrected chi connectivity index (χ3v) is 4.25. The lowest BCUT2D eigenvalue weighted by molar-refractivity contribution is -0.122. The smallest absolute Gasteiger partial charge is 0.236 e. The second-order valence-corrected chi connectivity index (χ2v) is 6.02. The summed E-state index contributed by atoms with van der Waals surface area (Å²) in [4.78, 5) is 12.0. The van der Waals surface area contributed by atoms with Gasteiger partial charge in [-0.25, -0.2) is 4.39 Å². The summed E-state index contributed by atoms with van der Waals surface area (Å²) in [6.07, 6.45) is 7.64. The first kappa shape index (κ1) is 16.0. The van der Waals surface area contributed by atoms with Crippen LogP contribution in [0.25, 0.3) is 0 Å². The van der Waals surface area contributed by atoms with E-state index in [1.165, 1.54) is 44.2 Å². The molecule has 2 rings (SSSR count). The van der Waals surface area contributed by atoms with Crippen LogP contribution in [0.1, 0.15) is 44.1 Å². The van der Waals surface area contributed by atoms with Crippen LogP contribution >= 0.6 is 0 Å². The molecule has 0 aromatic heterocycles. The quantitative estimate of drug-likeness (QED) is 0.847. The van der Waals surface area contributed by atoms with Gasteiger partial charge in [0.15, 0.2) is 0 Å².